The van der Waals surface area contributed by atoms with Gasteiger partial charge >= 0.3 is 6.03 Å². The van der Waals surface area contributed by atoms with E-state index in [4.69, 9.17) is 19.2 Å². The van der Waals surface area contributed by atoms with E-state index in [1.807, 2.05) is 4.90 Å². The molecule has 1 N–H and O–H groups in total. The Bertz CT molecular complexity index is 1270. The second-order valence-electron chi connectivity index (χ2n) is 8.36. The van der Waals surface area contributed by atoms with E-state index in [0.29, 0.717) is 62.2 Å². The summed E-state index contributed by atoms with van der Waals surface area (Å²) in [5.74, 6) is -0.520. The molecule has 2 aromatic carbocycles. The van der Waals surface area contributed by atoms with Gasteiger partial charge in [-0.15, -0.1) is 0 Å². The lowest BCUT2D eigenvalue weighted by molar-refractivity contribution is 0.122. The van der Waals surface area contributed by atoms with Gasteiger partial charge in [-0.3, -0.25) is 0 Å². The molecule has 0 saturated carbocycles. The minimum atomic E-state index is -0.848. The summed E-state index contributed by atoms with van der Waals surface area (Å²) in [7, 11) is 1.55. The lowest BCUT2D eigenvalue weighted by Crippen LogP contribution is -2.41. The molecule has 0 atom stereocenters. The molecule has 0 radical (unpaired) electrons. The molecule has 5 rings (SSSR count). The number of ether oxygens (including phenoxy) is 3. The molecular formula is C25H25F2N5O4. The first-order valence-corrected chi connectivity index (χ1v) is 11.6. The van der Waals surface area contributed by atoms with E-state index in [2.05, 4.69) is 10.3 Å². The predicted octanol–water partition coefficient (Wildman–Crippen LogP) is 3.98. The molecule has 1 fully saturated rings. The highest BCUT2D eigenvalue weighted by molar-refractivity contribution is 5.89. The van der Waals surface area contributed by atoms with Crippen molar-refractivity contribution in [1.82, 2.24) is 14.9 Å². The summed E-state index contributed by atoms with van der Waals surface area (Å²) >= 11 is 0. The number of methoxy groups -OCH3 is 1. The molecule has 11 heteroatoms. The lowest BCUT2D eigenvalue weighted by Gasteiger charge is -2.32. The first kappa shape index (κ1) is 23.7. The Kier molecular flexibility index (Phi) is 6.81. The molecule has 2 amide bonds. The van der Waals surface area contributed by atoms with Crippen LogP contribution in [0.4, 0.5) is 25.2 Å². The Hall–Kier alpha value is -3.99. The second kappa shape index (κ2) is 10.3. The third-order valence-electron chi connectivity index (χ3n) is 6.01. The number of carbonyl (C=O) groups excluding carboxylic acids is 1. The van der Waals surface area contributed by atoms with Crippen LogP contribution in [0.3, 0.4) is 0 Å². The summed E-state index contributed by atoms with van der Waals surface area (Å²) in [6.07, 6.45) is 0.461. The van der Waals surface area contributed by atoms with Gasteiger partial charge in [0.25, 0.3) is 0 Å². The fraction of sp³-hybridized carbons (Fsp3) is 0.320. The van der Waals surface area contributed by atoms with Crippen LogP contribution in [0.1, 0.15) is 11.3 Å². The quantitative estimate of drug-likeness (QED) is 0.570. The van der Waals surface area contributed by atoms with Gasteiger partial charge in [0, 0.05) is 43.9 Å². The molecule has 0 unspecified atom stereocenters. The zero-order valence-corrected chi connectivity index (χ0v) is 19.7. The molecule has 1 saturated heterocycles. The number of halogens is 2. The highest BCUT2D eigenvalue weighted by Crippen LogP contribution is 2.33. The molecule has 3 heterocycles. The third-order valence-corrected chi connectivity index (χ3v) is 6.01. The normalized spacial score (nSPS) is 15.3. The molecule has 36 heavy (non-hydrogen) atoms. The molecule has 0 bridgehead atoms. The maximum absolute atomic E-state index is 14.4. The van der Waals surface area contributed by atoms with Gasteiger partial charge in [0.2, 0.25) is 11.8 Å². The number of morpholine rings is 1. The smallest absolute Gasteiger partial charge is 0.322 e. The minimum absolute atomic E-state index is 0.130. The summed E-state index contributed by atoms with van der Waals surface area (Å²) in [6, 6.07) is 9.82. The van der Waals surface area contributed by atoms with Crippen molar-refractivity contribution in [1.29, 1.82) is 0 Å². The molecule has 9 nitrogen and oxygen atoms in total. The highest BCUT2D eigenvalue weighted by atomic mass is 19.1. The van der Waals surface area contributed by atoms with Gasteiger partial charge in [-0.2, -0.15) is 4.98 Å². The number of urea groups is 1. The molecule has 188 valence electrons. The predicted molar refractivity (Wildman–Crippen MR) is 128 cm³/mol. The number of benzene rings is 2. The van der Waals surface area contributed by atoms with Crippen molar-refractivity contribution >= 4 is 17.7 Å². The zero-order chi connectivity index (χ0) is 25.1. The molecule has 0 aliphatic carbocycles. The van der Waals surface area contributed by atoms with Crippen LogP contribution in [-0.2, 0) is 17.7 Å². The van der Waals surface area contributed by atoms with Crippen LogP contribution in [0.5, 0.6) is 17.4 Å². The maximum atomic E-state index is 14.4. The number of nitrogens with zero attached hydrogens (tertiary/aromatic N) is 4. The van der Waals surface area contributed by atoms with Gasteiger partial charge in [-0.25, -0.2) is 18.6 Å². The lowest BCUT2D eigenvalue weighted by atomic mass is 10.1. The van der Waals surface area contributed by atoms with Crippen molar-refractivity contribution in [2.45, 2.75) is 13.0 Å². The summed E-state index contributed by atoms with van der Waals surface area (Å²) < 4.78 is 44.3. The van der Waals surface area contributed by atoms with Crippen LogP contribution in [0.2, 0.25) is 0 Å². The Labute approximate surface area is 206 Å². The fourth-order valence-corrected chi connectivity index (χ4v) is 4.10. The van der Waals surface area contributed by atoms with Gasteiger partial charge < -0.3 is 29.3 Å². The van der Waals surface area contributed by atoms with Crippen LogP contribution < -0.4 is 19.7 Å². The second-order valence-corrected chi connectivity index (χ2v) is 8.36. The fourth-order valence-electron chi connectivity index (χ4n) is 4.10. The van der Waals surface area contributed by atoms with Crippen LogP contribution in [0.25, 0.3) is 0 Å². The van der Waals surface area contributed by atoms with Crippen molar-refractivity contribution in [2.24, 2.45) is 0 Å². The number of carbonyl (C=O) groups is 1. The monoisotopic (exact) mass is 497 g/mol. The van der Waals surface area contributed by atoms with E-state index in [1.54, 1.807) is 36.3 Å². The molecule has 0 spiro atoms. The highest BCUT2D eigenvalue weighted by Gasteiger charge is 2.29. The summed E-state index contributed by atoms with van der Waals surface area (Å²) in [5, 5.41) is 2.87. The van der Waals surface area contributed by atoms with Gasteiger partial charge in [0.05, 0.1) is 38.1 Å². The number of nitrogens with one attached hydrogen (secondary N) is 1. The Morgan fingerprint density at radius 1 is 1.08 bits per heavy atom. The van der Waals surface area contributed by atoms with E-state index in [1.165, 1.54) is 6.07 Å². The van der Waals surface area contributed by atoms with Crippen LogP contribution in [-0.4, -0.2) is 60.9 Å². The standard InChI is InChI=1S/C25H25F2N5O4/c1-34-18-4-2-3-17(14-18)28-25(33)32-8-7-21-19(15-32)23(36-22-6-5-16(26)13-20(22)27)30-24(29-21)31-9-11-35-12-10-31/h2-6,13-14H,7-12,15H2,1H3,(H,28,33). The number of amides is 2. The Balaban J connectivity index is 1.43. The summed E-state index contributed by atoms with van der Waals surface area (Å²) in [5.41, 5.74) is 1.88. The van der Waals surface area contributed by atoms with E-state index in [-0.39, 0.29) is 24.2 Å². The SMILES string of the molecule is COc1cccc(NC(=O)N2CCc3nc(N4CCOCC4)nc(Oc4ccc(F)cc4F)c3C2)c1. The number of hydrogen-bond acceptors (Lipinski definition) is 7. The molecule has 1 aromatic heterocycles. The van der Waals surface area contributed by atoms with Crippen LogP contribution in [0, 0.1) is 11.6 Å². The minimum Gasteiger partial charge on any atom is -0.497 e. The van der Waals surface area contributed by atoms with Crippen LogP contribution >= 0.6 is 0 Å². The number of hydrogen-bond donors (Lipinski definition) is 1. The van der Waals surface area contributed by atoms with Gasteiger partial charge in [-0.05, 0) is 24.3 Å². The van der Waals surface area contributed by atoms with Crippen molar-refractivity contribution in [3.05, 3.63) is 65.4 Å². The zero-order valence-electron chi connectivity index (χ0n) is 19.7. The van der Waals surface area contributed by atoms with E-state index >= 15 is 0 Å². The van der Waals surface area contributed by atoms with E-state index in [0.717, 1.165) is 17.8 Å². The van der Waals surface area contributed by atoms with Crippen LogP contribution in [0.15, 0.2) is 42.5 Å². The molecule has 2 aliphatic rings. The number of aromatic nitrogens is 2. The average Bonchev–Trinajstić information content (AvgIpc) is 2.90. The number of fused-ring (bicyclic) bond motifs is 1. The van der Waals surface area contributed by atoms with E-state index < -0.39 is 11.6 Å². The van der Waals surface area contributed by atoms with Crippen molar-refractivity contribution in [2.75, 3.05) is 50.2 Å². The third kappa shape index (κ3) is 5.15. The summed E-state index contributed by atoms with van der Waals surface area (Å²) in [4.78, 5) is 25.9. The van der Waals surface area contributed by atoms with Crippen molar-refractivity contribution in [3.63, 3.8) is 0 Å². The first-order valence-electron chi connectivity index (χ1n) is 11.6. The van der Waals surface area contributed by atoms with Crippen molar-refractivity contribution in [3.8, 4) is 17.4 Å². The van der Waals surface area contributed by atoms with Gasteiger partial charge in [-0.1, -0.05) is 6.07 Å². The van der Waals surface area contributed by atoms with E-state index in [9.17, 15) is 13.6 Å². The summed E-state index contributed by atoms with van der Waals surface area (Å²) in [6.45, 7) is 2.89. The molecule has 3 aromatic rings. The largest absolute Gasteiger partial charge is 0.497 e. The number of anilines is 2. The average molecular weight is 498 g/mol. The van der Waals surface area contributed by atoms with Gasteiger partial charge in [0.15, 0.2) is 11.6 Å². The Morgan fingerprint density at radius 2 is 1.92 bits per heavy atom. The molecular weight excluding hydrogens is 472 g/mol. The van der Waals surface area contributed by atoms with Crippen molar-refractivity contribution < 1.29 is 27.8 Å². The maximum Gasteiger partial charge on any atom is 0.322 e. The Morgan fingerprint density at radius 3 is 2.69 bits per heavy atom. The van der Waals surface area contributed by atoms with Gasteiger partial charge in [0.1, 0.15) is 11.6 Å². The first-order chi connectivity index (χ1) is 17.5. The molecule has 2 aliphatic heterocycles. The topological polar surface area (TPSA) is 89.1 Å². The number of rotatable bonds is 5.